The molecule has 1 atom stereocenters. The van der Waals surface area contributed by atoms with Crippen molar-refractivity contribution in [2.75, 3.05) is 13.2 Å². The fourth-order valence-electron chi connectivity index (χ4n) is 4.88. The minimum atomic E-state index is -0.352. The Labute approximate surface area is 202 Å². The van der Waals surface area contributed by atoms with Gasteiger partial charge >= 0.3 is 0 Å². The molecule has 7 nitrogen and oxygen atoms in total. The average molecular weight is 473 g/mol. The van der Waals surface area contributed by atoms with Crippen LogP contribution in [0.2, 0.25) is 0 Å². The Morgan fingerprint density at radius 3 is 2.91 bits per heavy atom. The van der Waals surface area contributed by atoms with Crippen LogP contribution in [0.25, 0.3) is 22.0 Å². The lowest BCUT2D eigenvalue weighted by atomic mass is 9.99. The van der Waals surface area contributed by atoms with Crippen LogP contribution in [0.4, 0.5) is 4.39 Å². The monoisotopic (exact) mass is 472 g/mol. The largest absolute Gasteiger partial charge is 0.489 e. The molecule has 1 amide bonds. The van der Waals surface area contributed by atoms with E-state index in [1.54, 1.807) is 34.0 Å². The number of benzene rings is 2. The summed E-state index contributed by atoms with van der Waals surface area (Å²) in [5, 5.41) is 5.48. The smallest absolute Gasteiger partial charge is 0.256 e. The van der Waals surface area contributed by atoms with Crippen molar-refractivity contribution in [2.24, 2.45) is 7.05 Å². The van der Waals surface area contributed by atoms with Crippen molar-refractivity contribution in [3.05, 3.63) is 77.5 Å². The van der Waals surface area contributed by atoms with E-state index in [-0.39, 0.29) is 24.4 Å². The van der Waals surface area contributed by atoms with Gasteiger partial charge in [0.1, 0.15) is 23.7 Å². The number of fused-ring (bicyclic) bond motifs is 2. The van der Waals surface area contributed by atoms with Crippen LogP contribution >= 0.6 is 0 Å². The summed E-state index contributed by atoms with van der Waals surface area (Å²) in [5.41, 5.74) is 4.14. The molecule has 35 heavy (non-hydrogen) atoms. The first kappa shape index (κ1) is 21.7. The van der Waals surface area contributed by atoms with Gasteiger partial charge < -0.3 is 14.4 Å². The lowest BCUT2D eigenvalue weighted by molar-refractivity contribution is 0.0684. The molecule has 0 saturated carbocycles. The molecule has 8 heteroatoms. The highest BCUT2D eigenvalue weighted by molar-refractivity contribution is 5.98. The Hall–Kier alpha value is -3.78. The first-order chi connectivity index (χ1) is 17.1. The fraction of sp³-hybridized carbons (Fsp3) is 0.296. The zero-order chi connectivity index (χ0) is 23.9. The van der Waals surface area contributed by atoms with E-state index in [4.69, 9.17) is 9.47 Å². The quantitative estimate of drug-likeness (QED) is 0.414. The molecule has 0 spiro atoms. The molecule has 0 bridgehead atoms. The number of rotatable bonds is 6. The average Bonchev–Trinajstić information content (AvgIpc) is 3.58. The third-order valence-corrected chi connectivity index (χ3v) is 6.68. The predicted molar refractivity (Wildman–Crippen MR) is 128 cm³/mol. The van der Waals surface area contributed by atoms with Crippen LogP contribution in [0.5, 0.6) is 5.75 Å². The van der Waals surface area contributed by atoms with Gasteiger partial charge in [0.05, 0.1) is 23.9 Å². The maximum atomic E-state index is 15.2. The second-order valence-electron chi connectivity index (χ2n) is 9.09. The van der Waals surface area contributed by atoms with E-state index in [1.165, 1.54) is 6.07 Å². The summed E-state index contributed by atoms with van der Waals surface area (Å²) in [7, 11) is 1.86. The Balaban J connectivity index is 1.25. The number of amides is 1. The van der Waals surface area contributed by atoms with E-state index in [0.29, 0.717) is 30.0 Å². The number of ether oxygens (including phenoxy) is 2. The molecule has 178 valence electrons. The number of carbonyl (C=O) groups excluding carboxylic acids is 1. The van der Waals surface area contributed by atoms with Crippen LogP contribution in [-0.4, -0.2) is 44.9 Å². The number of carbonyl (C=O) groups is 1. The SMILES string of the molecule is Cn1cc2c(-c3ccc(CN4Cc5ncccc5C4=O)c(F)c3)ccc(OCC3CCCO3)c2n1. The molecule has 2 aliphatic heterocycles. The number of nitrogens with zero attached hydrogens (tertiary/aromatic N) is 4. The van der Waals surface area contributed by atoms with Crippen molar-refractivity contribution in [1.29, 1.82) is 0 Å². The molecule has 0 N–H and O–H groups in total. The summed E-state index contributed by atoms with van der Waals surface area (Å²) in [6.45, 7) is 1.85. The molecule has 4 aromatic rings. The van der Waals surface area contributed by atoms with Crippen LogP contribution in [-0.2, 0) is 24.9 Å². The lowest BCUT2D eigenvalue weighted by Crippen LogP contribution is -2.23. The van der Waals surface area contributed by atoms with Crippen molar-refractivity contribution in [1.82, 2.24) is 19.7 Å². The van der Waals surface area contributed by atoms with Gasteiger partial charge in [-0.2, -0.15) is 5.10 Å². The summed E-state index contributed by atoms with van der Waals surface area (Å²) in [5.74, 6) is 0.222. The van der Waals surface area contributed by atoms with Gasteiger partial charge in [-0.15, -0.1) is 0 Å². The van der Waals surface area contributed by atoms with Crippen molar-refractivity contribution >= 4 is 16.8 Å². The maximum Gasteiger partial charge on any atom is 0.256 e. The van der Waals surface area contributed by atoms with Gasteiger partial charge in [-0.1, -0.05) is 12.1 Å². The van der Waals surface area contributed by atoms with Gasteiger partial charge in [0.2, 0.25) is 0 Å². The Morgan fingerprint density at radius 2 is 2.11 bits per heavy atom. The van der Waals surface area contributed by atoms with Gasteiger partial charge in [-0.05, 0) is 54.3 Å². The number of hydrogen-bond acceptors (Lipinski definition) is 5. The summed E-state index contributed by atoms with van der Waals surface area (Å²) in [6, 6.07) is 12.5. The highest BCUT2D eigenvalue weighted by atomic mass is 19.1. The summed E-state index contributed by atoms with van der Waals surface area (Å²) in [6.07, 6.45) is 5.76. The molecule has 0 radical (unpaired) electrons. The molecule has 1 saturated heterocycles. The van der Waals surface area contributed by atoms with Crippen LogP contribution in [0, 0.1) is 5.82 Å². The third kappa shape index (κ3) is 4.04. The second kappa shape index (κ2) is 8.78. The maximum absolute atomic E-state index is 15.2. The molecule has 1 fully saturated rings. The van der Waals surface area contributed by atoms with Crippen LogP contribution < -0.4 is 4.74 Å². The number of aryl methyl sites for hydroxylation is 1. The third-order valence-electron chi connectivity index (χ3n) is 6.68. The highest BCUT2D eigenvalue weighted by Gasteiger charge is 2.28. The molecule has 0 aliphatic carbocycles. The highest BCUT2D eigenvalue weighted by Crippen LogP contribution is 2.35. The molecular weight excluding hydrogens is 447 g/mol. The van der Waals surface area contributed by atoms with E-state index in [1.807, 2.05) is 31.4 Å². The number of pyridine rings is 1. The van der Waals surface area contributed by atoms with E-state index in [9.17, 15) is 4.79 Å². The summed E-state index contributed by atoms with van der Waals surface area (Å²) >= 11 is 0. The second-order valence-corrected chi connectivity index (χ2v) is 9.09. The van der Waals surface area contributed by atoms with Gasteiger partial charge in [0.15, 0.2) is 0 Å². The minimum Gasteiger partial charge on any atom is -0.489 e. The Bertz CT molecular complexity index is 1430. The first-order valence-electron chi connectivity index (χ1n) is 11.8. The van der Waals surface area contributed by atoms with Crippen molar-refractivity contribution in [3.8, 4) is 16.9 Å². The molecular formula is C27H25FN4O3. The van der Waals surface area contributed by atoms with E-state index < -0.39 is 0 Å². The number of halogens is 1. The van der Waals surface area contributed by atoms with Crippen LogP contribution in [0.1, 0.15) is 34.5 Å². The van der Waals surface area contributed by atoms with E-state index in [2.05, 4.69) is 10.1 Å². The molecule has 2 aromatic heterocycles. The molecule has 6 rings (SSSR count). The number of hydrogen-bond donors (Lipinski definition) is 0. The van der Waals surface area contributed by atoms with Crippen LogP contribution in [0.3, 0.4) is 0 Å². The fourth-order valence-corrected chi connectivity index (χ4v) is 4.88. The Morgan fingerprint density at radius 1 is 1.20 bits per heavy atom. The minimum absolute atomic E-state index is 0.112. The zero-order valence-corrected chi connectivity index (χ0v) is 19.4. The first-order valence-corrected chi connectivity index (χ1v) is 11.8. The van der Waals surface area contributed by atoms with Crippen LogP contribution in [0.15, 0.2) is 54.9 Å². The normalized spacial score (nSPS) is 17.4. The van der Waals surface area contributed by atoms with Crippen molar-refractivity contribution in [2.45, 2.75) is 32.0 Å². The van der Waals surface area contributed by atoms with Gasteiger partial charge in [0.25, 0.3) is 5.91 Å². The molecule has 2 aromatic carbocycles. The van der Waals surface area contributed by atoms with E-state index in [0.717, 1.165) is 47.2 Å². The standard InChI is InChI=1S/C27H25FN4O3/c1-31-14-22-20(8-9-25(26(22)30-31)35-16-19-4-3-11-34-19)17-6-7-18(23(28)12-17)13-32-15-24-21(27(32)33)5-2-10-29-24/h2,5-10,12,14,19H,3-4,11,13,15-16H2,1H3. The topological polar surface area (TPSA) is 69.5 Å². The number of aromatic nitrogens is 3. The van der Waals surface area contributed by atoms with Crippen molar-refractivity contribution < 1.29 is 18.7 Å². The zero-order valence-electron chi connectivity index (χ0n) is 19.4. The molecule has 1 unspecified atom stereocenters. The van der Waals surface area contributed by atoms with Gasteiger partial charge in [0, 0.05) is 43.5 Å². The molecule has 4 heterocycles. The van der Waals surface area contributed by atoms with Gasteiger partial charge in [-0.25, -0.2) is 4.39 Å². The summed E-state index contributed by atoms with van der Waals surface area (Å²) < 4.78 is 28.7. The van der Waals surface area contributed by atoms with E-state index >= 15 is 4.39 Å². The lowest BCUT2D eigenvalue weighted by Gasteiger charge is -2.16. The van der Waals surface area contributed by atoms with Crippen molar-refractivity contribution in [3.63, 3.8) is 0 Å². The summed E-state index contributed by atoms with van der Waals surface area (Å²) in [4.78, 5) is 18.5. The predicted octanol–water partition coefficient (Wildman–Crippen LogP) is 4.49. The molecule has 2 aliphatic rings. The Kier molecular flexibility index (Phi) is 5.45. The van der Waals surface area contributed by atoms with Gasteiger partial charge in [-0.3, -0.25) is 14.5 Å².